The molecule has 0 spiro atoms. The van der Waals surface area contributed by atoms with Gasteiger partial charge in [0.1, 0.15) is 11.2 Å². The lowest BCUT2D eigenvalue weighted by Crippen LogP contribution is -2.30. The molecule has 2 rings (SSSR count). The Bertz CT molecular complexity index is 649. The first-order valence-electron chi connectivity index (χ1n) is 4.89. The van der Waals surface area contributed by atoms with Crippen molar-refractivity contribution in [3.8, 4) is 0 Å². The number of nitrogens with zero attached hydrogens (tertiary/aromatic N) is 3. The minimum Gasteiger partial charge on any atom is -0.345 e. The van der Waals surface area contributed by atoms with Crippen LogP contribution in [0.5, 0.6) is 0 Å². The van der Waals surface area contributed by atoms with Crippen molar-refractivity contribution in [3.05, 3.63) is 44.9 Å². The van der Waals surface area contributed by atoms with Crippen LogP contribution in [0, 0.1) is 0 Å². The van der Waals surface area contributed by atoms with Gasteiger partial charge in [0.05, 0.1) is 0 Å². The fourth-order valence-electron chi connectivity index (χ4n) is 1.44. The minimum absolute atomic E-state index is 0.0607. The molecule has 0 bridgehead atoms. The Balaban J connectivity index is 2.73. The zero-order valence-corrected chi connectivity index (χ0v) is 10.9. The first-order valence-corrected chi connectivity index (χ1v) is 5.68. The standard InChI is InChI=1S/C11H10BrN3O2/c1-14(2)10(16)8-5-13-9-4-3-7(12)6-15(9)11(8)17/h3-6H,1-2H3. The van der Waals surface area contributed by atoms with E-state index in [0.717, 1.165) is 4.47 Å². The third kappa shape index (κ3) is 2.08. The van der Waals surface area contributed by atoms with E-state index in [0.29, 0.717) is 5.65 Å². The highest BCUT2D eigenvalue weighted by molar-refractivity contribution is 9.10. The summed E-state index contributed by atoms with van der Waals surface area (Å²) in [5, 5.41) is 0. The lowest BCUT2D eigenvalue weighted by molar-refractivity contribution is 0.0825. The van der Waals surface area contributed by atoms with Crippen LogP contribution < -0.4 is 5.56 Å². The van der Waals surface area contributed by atoms with Crippen LogP contribution in [-0.4, -0.2) is 34.3 Å². The van der Waals surface area contributed by atoms with Gasteiger partial charge in [-0.3, -0.25) is 14.0 Å². The molecule has 0 atom stereocenters. The molecule has 88 valence electrons. The van der Waals surface area contributed by atoms with Crippen molar-refractivity contribution < 1.29 is 4.79 Å². The van der Waals surface area contributed by atoms with Crippen LogP contribution in [0.3, 0.4) is 0 Å². The topological polar surface area (TPSA) is 54.7 Å². The Labute approximate surface area is 106 Å². The monoisotopic (exact) mass is 295 g/mol. The zero-order valence-electron chi connectivity index (χ0n) is 9.35. The van der Waals surface area contributed by atoms with Gasteiger partial charge < -0.3 is 4.90 Å². The number of carbonyl (C=O) groups is 1. The van der Waals surface area contributed by atoms with E-state index in [-0.39, 0.29) is 17.0 Å². The number of pyridine rings is 1. The summed E-state index contributed by atoms with van der Waals surface area (Å²) in [5.74, 6) is -0.350. The molecule has 1 amide bonds. The van der Waals surface area contributed by atoms with Gasteiger partial charge in [-0.1, -0.05) is 0 Å². The second-order valence-electron chi connectivity index (χ2n) is 3.75. The molecule has 2 aromatic heterocycles. The summed E-state index contributed by atoms with van der Waals surface area (Å²) in [6.07, 6.45) is 2.91. The van der Waals surface area contributed by atoms with E-state index in [1.807, 2.05) is 0 Å². The molecule has 0 unspecified atom stereocenters. The summed E-state index contributed by atoms with van der Waals surface area (Å²) >= 11 is 3.27. The van der Waals surface area contributed by atoms with Crippen molar-refractivity contribution in [3.63, 3.8) is 0 Å². The number of carbonyl (C=O) groups excluding carboxylic acids is 1. The molecule has 0 aliphatic heterocycles. The molecule has 0 saturated heterocycles. The highest BCUT2D eigenvalue weighted by Gasteiger charge is 2.14. The predicted octanol–water partition coefficient (Wildman–Crippen LogP) is 1.16. The largest absolute Gasteiger partial charge is 0.345 e. The van der Waals surface area contributed by atoms with Gasteiger partial charge in [-0.15, -0.1) is 0 Å². The average Bonchev–Trinajstić information content (AvgIpc) is 2.29. The average molecular weight is 296 g/mol. The number of hydrogen-bond donors (Lipinski definition) is 0. The molecule has 0 aromatic carbocycles. The SMILES string of the molecule is CN(C)C(=O)c1cnc2ccc(Br)cn2c1=O. The second-order valence-corrected chi connectivity index (χ2v) is 4.67. The van der Waals surface area contributed by atoms with Gasteiger partial charge in [0.2, 0.25) is 0 Å². The van der Waals surface area contributed by atoms with Gasteiger partial charge in [0.25, 0.3) is 11.5 Å². The van der Waals surface area contributed by atoms with E-state index < -0.39 is 0 Å². The van der Waals surface area contributed by atoms with Crippen molar-refractivity contribution in [1.82, 2.24) is 14.3 Å². The zero-order chi connectivity index (χ0) is 12.6. The Kier molecular flexibility index (Phi) is 2.97. The van der Waals surface area contributed by atoms with E-state index in [1.165, 1.54) is 15.5 Å². The fourth-order valence-corrected chi connectivity index (χ4v) is 1.78. The molecule has 2 heterocycles. The number of rotatable bonds is 1. The van der Waals surface area contributed by atoms with Crippen LogP contribution in [0.25, 0.3) is 5.65 Å². The minimum atomic E-state index is -0.366. The molecule has 0 N–H and O–H groups in total. The number of hydrogen-bond acceptors (Lipinski definition) is 3. The van der Waals surface area contributed by atoms with Crippen molar-refractivity contribution in [2.24, 2.45) is 0 Å². The molecule has 2 aromatic rings. The van der Waals surface area contributed by atoms with Gasteiger partial charge in [0.15, 0.2) is 0 Å². The highest BCUT2D eigenvalue weighted by atomic mass is 79.9. The summed E-state index contributed by atoms with van der Waals surface area (Å²) in [5.41, 5.74) is 0.203. The smallest absolute Gasteiger partial charge is 0.270 e. The molecule has 0 aliphatic carbocycles. The van der Waals surface area contributed by atoms with E-state index >= 15 is 0 Å². The summed E-state index contributed by atoms with van der Waals surface area (Å²) in [6.45, 7) is 0. The quantitative estimate of drug-likeness (QED) is 0.793. The van der Waals surface area contributed by atoms with E-state index in [4.69, 9.17) is 0 Å². The first-order chi connectivity index (χ1) is 8.00. The maximum Gasteiger partial charge on any atom is 0.270 e. The molecule has 17 heavy (non-hydrogen) atoms. The Hall–Kier alpha value is -1.69. The molecule has 5 nitrogen and oxygen atoms in total. The van der Waals surface area contributed by atoms with E-state index in [2.05, 4.69) is 20.9 Å². The fraction of sp³-hybridized carbons (Fsp3) is 0.182. The van der Waals surface area contributed by atoms with Crippen molar-refractivity contribution in [1.29, 1.82) is 0 Å². The van der Waals surface area contributed by atoms with E-state index in [1.54, 1.807) is 32.4 Å². The van der Waals surface area contributed by atoms with Gasteiger partial charge in [-0.2, -0.15) is 0 Å². The van der Waals surface area contributed by atoms with Crippen LogP contribution in [0.15, 0.2) is 33.8 Å². The number of amides is 1. The van der Waals surface area contributed by atoms with Crippen LogP contribution >= 0.6 is 15.9 Å². The van der Waals surface area contributed by atoms with Crippen molar-refractivity contribution in [2.45, 2.75) is 0 Å². The first kappa shape index (κ1) is 11.8. The van der Waals surface area contributed by atoms with Crippen LogP contribution in [0.2, 0.25) is 0 Å². The summed E-state index contributed by atoms with van der Waals surface area (Å²) in [6, 6.07) is 3.49. The van der Waals surface area contributed by atoms with E-state index in [9.17, 15) is 9.59 Å². The second kappa shape index (κ2) is 4.29. The summed E-state index contributed by atoms with van der Waals surface area (Å²) in [7, 11) is 3.19. The molecule has 6 heteroatoms. The Morgan fingerprint density at radius 2 is 2.12 bits per heavy atom. The number of aromatic nitrogens is 2. The molecule has 0 saturated carbocycles. The molecule has 0 aliphatic rings. The van der Waals surface area contributed by atoms with Crippen LogP contribution in [0.1, 0.15) is 10.4 Å². The van der Waals surface area contributed by atoms with Gasteiger partial charge in [-0.25, -0.2) is 4.98 Å². The van der Waals surface area contributed by atoms with Crippen LogP contribution in [-0.2, 0) is 0 Å². The lowest BCUT2D eigenvalue weighted by Gasteiger charge is -2.10. The predicted molar refractivity (Wildman–Crippen MR) is 67.2 cm³/mol. The van der Waals surface area contributed by atoms with Crippen LogP contribution in [0.4, 0.5) is 0 Å². The third-order valence-corrected chi connectivity index (χ3v) is 2.77. The molecule has 0 radical (unpaired) electrons. The Morgan fingerprint density at radius 3 is 2.76 bits per heavy atom. The van der Waals surface area contributed by atoms with Gasteiger partial charge in [0, 0.05) is 31.0 Å². The third-order valence-electron chi connectivity index (χ3n) is 2.30. The normalized spacial score (nSPS) is 10.5. The van der Waals surface area contributed by atoms with Crippen molar-refractivity contribution in [2.75, 3.05) is 14.1 Å². The summed E-state index contributed by atoms with van der Waals surface area (Å²) in [4.78, 5) is 29.3. The lowest BCUT2D eigenvalue weighted by atomic mass is 10.3. The number of halogens is 1. The van der Waals surface area contributed by atoms with Gasteiger partial charge >= 0.3 is 0 Å². The van der Waals surface area contributed by atoms with Gasteiger partial charge in [-0.05, 0) is 28.1 Å². The summed E-state index contributed by atoms with van der Waals surface area (Å²) < 4.78 is 2.10. The maximum atomic E-state index is 12.1. The molecular formula is C11H10BrN3O2. The molecule has 0 fully saturated rings. The maximum absolute atomic E-state index is 12.1. The van der Waals surface area contributed by atoms with Crippen molar-refractivity contribution >= 4 is 27.5 Å². The number of fused-ring (bicyclic) bond motifs is 1. The Morgan fingerprint density at radius 1 is 1.41 bits per heavy atom. The molecular weight excluding hydrogens is 286 g/mol. The highest BCUT2D eigenvalue weighted by Crippen LogP contribution is 2.09.